The number of carbonyl (C=O) groups is 3. The molecule has 0 fully saturated rings. The van der Waals surface area contributed by atoms with E-state index >= 15 is 0 Å². The molecule has 0 atom stereocenters. The lowest BCUT2D eigenvalue weighted by molar-refractivity contribution is -0.148. The number of nitrogens with one attached hydrogen (secondary N) is 2. The molecule has 1 heterocycles. The van der Waals surface area contributed by atoms with Gasteiger partial charge in [0.25, 0.3) is 11.8 Å². The molecule has 1 aromatic heterocycles. The number of hydrogen-bond donors (Lipinski definition) is 3. The second-order valence-electron chi connectivity index (χ2n) is 2.87. The maximum atomic E-state index is 11.3. The van der Waals surface area contributed by atoms with Crippen LogP contribution < -0.4 is 10.8 Å². The third-order valence-electron chi connectivity index (χ3n) is 1.54. The van der Waals surface area contributed by atoms with E-state index in [0.29, 0.717) is 0 Å². The lowest BCUT2D eigenvalue weighted by atomic mass is 10.4. The smallest absolute Gasteiger partial charge is 0.332 e. The number of carboxylic acids is 1. The average Bonchev–Trinajstić information content (AvgIpc) is 2.78. The summed E-state index contributed by atoms with van der Waals surface area (Å²) in [6.45, 7) is -1.00. The molecule has 1 rings (SSSR count). The number of amides is 2. The van der Waals surface area contributed by atoms with E-state index < -0.39 is 24.4 Å². The van der Waals surface area contributed by atoms with Crippen molar-refractivity contribution < 1.29 is 28.7 Å². The Labute approximate surface area is 95.5 Å². The van der Waals surface area contributed by atoms with Gasteiger partial charge in [-0.2, -0.15) is 0 Å². The normalized spacial score (nSPS) is 9.65. The maximum Gasteiger partial charge on any atom is 0.332 e. The fourth-order valence-corrected chi connectivity index (χ4v) is 0.870. The Balaban J connectivity index is 2.20. The summed E-state index contributed by atoms with van der Waals surface area (Å²) in [5.41, 5.74) is 1.85. The number of hydroxylamine groups is 1. The quantitative estimate of drug-likeness (QED) is 0.559. The van der Waals surface area contributed by atoms with Crippen LogP contribution in [0, 0.1) is 0 Å². The molecular weight excluding hydrogens is 232 g/mol. The van der Waals surface area contributed by atoms with Crippen molar-refractivity contribution in [3.05, 3.63) is 24.2 Å². The molecule has 0 radical (unpaired) electrons. The molecule has 3 N–H and O–H groups in total. The minimum atomic E-state index is -1.22. The van der Waals surface area contributed by atoms with E-state index in [9.17, 15) is 14.4 Å². The molecule has 0 aliphatic heterocycles. The number of aliphatic carboxylic acids is 1. The standard InChI is InChI=1S/C9H10N2O6/c12-7(11-17-5-8(13)14)4-10-9(15)6-2-1-3-16-6/h1-3H,4-5H2,(H,10,15)(H,11,12)(H,13,14). The van der Waals surface area contributed by atoms with Crippen LogP contribution in [-0.4, -0.2) is 36.0 Å². The molecule has 0 unspecified atom stereocenters. The van der Waals surface area contributed by atoms with Crippen molar-refractivity contribution in [3.8, 4) is 0 Å². The first-order valence-corrected chi connectivity index (χ1v) is 4.53. The van der Waals surface area contributed by atoms with Crippen LogP contribution in [0.2, 0.25) is 0 Å². The summed E-state index contributed by atoms with van der Waals surface area (Å²) in [5, 5.41) is 10.5. The zero-order valence-electron chi connectivity index (χ0n) is 8.63. The van der Waals surface area contributed by atoms with Crippen molar-refractivity contribution in [1.82, 2.24) is 10.8 Å². The van der Waals surface area contributed by atoms with Crippen LogP contribution in [-0.2, 0) is 14.4 Å². The van der Waals surface area contributed by atoms with Gasteiger partial charge in [0.2, 0.25) is 0 Å². The second-order valence-corrected chi connectivity index (χ2v) is 2.87. The lowest BCUT2D eigenvalue weighted by Crippen LogP contribution is -2.37. The van der Waals surface area contributed by atoms with Crippen LogP contribution >= 0.6 is 0 Å². The molecule has 0 aliphatic carbocycles. The SMILES string of the molecule is O=C(O)CONC(=O)CNC(=O)c1ccco1. The summed E-state index contributed by atoms with van der Waals surface area (Å²) in [4.78, 5) is 36.6. The van der Waals surface area contributed by atoms with E-state index in [4.69, 9.17) is 9.52 Å². The molecule has 8 nitrogen and oxygen atoms in total. The van der Waals surface area contributed by atoms with Crippen molar-refractivity contribution >= 4 is 17.8 Å². The van der Waals surface area contributed by atoms with Crippen LogP contribution in [0.1, 0.15) is 10.6 Å². The van der Waals surface area contributed by atoms with E-state index in [1.54, 1.807) is 0 Å². The largest absolute Gasteiger partial charge is 0.479 e. The van der Waals surface area contributed by atoms with Crippen LogP contribution in [0.4, 0.5) is 0 Å². The van der Waals surface area contributed by atoms with E-state index in [1.807, 2.05) is 5.48 Å². The Hall–Kier alpha value is -2.35. The second kappa shape index (κ2) is 6.28. The van der Waals surface area contributed by atoms with E-state index in [-0.39, 0.29) is 12.3 Å². The van der Waals surface area contributed by atoms with Gasteiger partial charge < -0.3 is 14.8 Å². The summed E-state index contributed by atoms with van der Waals surface area (Å²) in [6, 6.07) is 2.97. The van der Waals surface area contributed by atoms with Gasteiger partial charge in [-0.25, -0.2) is 10.3 Å². The molecule has 2 amide bonds. The first kappa shape index (κ1) is 12.7. The van der Waals surface area contributed by atoms with Crippen molar-refractivity contribution in [3.63, 3.8) is 0 Å². The Morgan fingerprint density at radius 1 is 1.41 bits per heavy atom. The predicted octanol–water partition coefficient (Wildman–Crippen LogP) is -0.858. The zero-order chi connectivity index (χ0) is 12.7. The van der Waals surface area contributed by atoms with Gasteiger partial charge in [-0.15, -0.1) is 0 Å². The molecule has 1 aromatic rings. The molecule has 0 aromatic carbocycles. The Bertz CT molecular complexity index is 400. The van der Waals surface area contributed by atoms with Crippen LogP contribution in [0.15, 0.2) is 22.8 Å². The van der Waals surface area contributed by atoms with Crippen molar-refractivity contribution in [2.75, 3.05) is 13.2 Å². The predicted molar refractivity (Wildman–Crippen MR) is 52.8 cm³/mol. The minimum absolute atomic E-state index is 0.0734. The first-order valence-electron chi connectivity index (χ1n) is 4.53. The van der Waals surface area contributed by atoms with Gasteiger partial charge in [-0.1, -0.05) is 0 Å². The molecule has 0 spiro atoms. The van der Waals surface area contributed by atoms with Crippen molar-refractivity contribution in [2.45, 2.75) is 0 Å². The number of carbonyl (C=O) groups excluding carboxylic acids is 2. The summed E-state index contributed by atoms with van der Waals surface area (Å²) in [7, 11) is 0. The molecule has 0 saturated carbocycles. The summed E-state index contributed by atoms with van der Waals surface area (Å²) in [5.74, 6) is -2.37. The van der Waals surface area contributed by atoms with Gasteiger partial charge in [-0.3, -0.25) is 14.4 Å². The Morgan fingerprint density at radius 2 is 2.18 bits per heavy atom. The molecule has 92 valence electrons. The van der Waals surface area contributed by atoms with Crippen LogP contribution in [0.5, 0.6) is 0 Å². The Morgan fingerprint density at radius 3 is 2.76 bits per heavy atom. The zero-order valence-corrected chi connectivity index (χ0v) is 8.63. The molecule has 0 aliphatic rings. The summed E-state index contributed by atoms with van der Waals surface area (Å²) >= 11 is 0. The molecule has 8 heteroatoms. The topological polar surface area (TPSA) is 118 Å². The Kier molecular flexibility index (Phi) is 4.70. The molecule has 0 saturated heterocycles. The third kappa shape index (κ3) is 4.80. The highest BCUT2D eigenvalue weighted by atomic mass is 16.7. The summed E-state index contributed by atoms with van der Waals surface area (Å²) in [6.07, 6.45) is 1.32. The number of carboxylic acid groups (broad SMARTS) is 1. The highest BCUT2D eigenvalue weighted by molar-refractivity contribution is 5.93. The van der Waals surface area contributed by atoms with Gasteiger partial charge >= 0.3 is 5.97 Å². The van der Waals surface area contributed by atoms with Crippen molar-refractivity contribution in [1.29, 1.82) is 0 Å². The highest BCUT2D eigenvalue weighted by Crippen LogP contribution is 1.98. The van der Waals surface area contributed by atoms with Gasteiger partial charge in [0, 0.05) is 0 Å². The van der Waals surface area contributed by atoms with Crippen molar-refractivity contribution in [2.24, 2.45) is 0 Å². The monoisotopic (exact) mass is 242 g/mol. The van der Waals surface area contributed by atoms with E-state index in [1.165, 1.54) is 18.4 Å². The lowest BCUT2D eigenvalue weighted by Gasteiger charge is -2.04. The fourth-order valence-electron chi connectivity index (χ4n) is 0.870. The van der Waals surface area contributed by atoms with Crippen LogP contribution in [0.25, 0.3) is 0 Å². The van der Waals surface area contributed by atoms with Gasteiger partial charge in [-0.05, 0) is 12.1 Å². The molecule has 17 heavy (non-hydrogen) atoms. The first-order chi connectivity index (χ1) is 8.09. The van der Waals surface area contributed by atoms with E-state index in [0.717, 1.165) is 0 Å². The average molecular weight is 242 g/mol. The van der Waals surface area contributed by atoms with Gasteiger partial charge in [0.1, 0.15) is 0 Å². The molecule has 0 bridgehead atoms. The molecular formula is C9H10N2O6. The summed E-state index contributed by atoms with van der Waals surface area (Å²) < 4.78 is 4.79. The van der Waals surface area contributed by atoms with Gasteiger partial charge in [0.15, 0.2) is 12.4 Å². The minimum Gasteiger partial charge on any atom is -0.479 e. The highest BCUT2D eigenvalue weighted by Gasteiger charge is 2.10. The van der Waals surface area contributed by atoms with Gasteiger partial charge in [0.05, 0.1) is 12.8 Å². The van der Waals surface area contributed by atoms with E-state index in [2.05, 4.69) is 10.2 Å². The third-order valence-corrected chi connectivity index (χ3v) is 1.54. The van der Waals surface area contributed by atoms with Crippen LogP contribution in [0.3, 0.4) is 0 Å². The number of furan rings is 1. The number of rotatable bonds is 6. The maximum absolute atomic E-state index is 11.3. The fraction of sp³-hybridized carbons (Fsp3) is 0.222. The number of hydrogen-bond acceptors (Lipinski definition) is 5.